The number of rotatable bonds is 8. The highest BCUT2D eigenvalue weighted by atomic mass is 32.2. The molecular weight excluding hydrogens is 484 g/mol. The molecule has 188 valence electrons. The summed E-state index contributed by atoms with van der Waals surface area (Å²) < 4.78 is 7.36. The van der Waals surface area contributed by atoms with Crippen molar-refractivity contribution in [2.24, 2.45) is 5.92 Å². The van der Waals surface area contributed by atoms with Gasteiger partial charge in [-0.1, -0.05) is 37.8 Å². The number of ether oxygens (including phenoxy) is 1. The summed E-state index contributed by atoms with van der Waals surface area (Å²) in [4.78, 5) is 42.8. The molecule has 1 amide bonds. The van der Waals surface area contributed by atoms with E-state index >= 15 is 0 Å². The molecule has 0 aliphatic carbocycles. The predicted molar refractivity (Wildman–Crippen MR) is 142 cm³/mol. The van der Waals surface area contributed by atoms with Gasteiger partial charge in [0, 0.05) is 31.7 Å². The molecule has 0 N–H and O–H groups in total. The first kappa shape index (κ1) is 27.0. The van der Waals surface area contributed by atoms with Crippen LogP contribution in [0, 0.1) is 24.2 Å². The van der Waals surface area contributed by atoms with E-state index in [2.05, 4.69) is 11.0 Å². The number of thioether (sulfide) groups is 1. The molecule has 0 atom stereocenters. The molecule has 10 heteroatoms. The molecule has 8 nitrogen and oxygen atoms in total. The van der Waals surface area contributed by atoms with Crippen molar-refractivity contribution in [3.8, 4) is 6.07 Å². The molecule has 3 rings (SSSR count). The van der Waals surface area contributed by atoms with E-state index in [9.17, 15) is 19.6 Å². The molecule has 0 unspecified atom stereocenters. The van der Waals surface area contributed by atoms with E-state index < -0.39 is 0 Å². The second kappa shape index (κ2) is 11.9. The Kier molecular flexibility index (Phi) is 9.14. The van der Waals surface area contributed by atoms with E-state index in [1.807, 2.05) is 13.8 Å². The molecule has 0 radical (unpaired) electrons. The van der Waals surface area contributed by atoms with Crippen molar-refractivity contribution in [2.75, 3.05) is 31.1 Å². The summed E-state index contributed by atoms with van der Waals surface area (Å²) in [5.74, 6) is 0.177. The minimum Gasteiger partial charge on any atom is -0.466 e. The van der Waals surface area contributed by atoms with Crippen molar-refractivity contribution in [3.05, 3.63) is 31.9 Å². The highest BCUT2D eigenvalue weighted by Gasteiger charge is 2.34. The Morgan fingerprint density at radius 1 is 1.20 bits per heavy atom. The Bertz CT molecular complexity index is 1140. The molecule has 2 aliphatic rings. The van der Waals surface area contributed by atoms with Gasteiger partial charge in [-0.15, -0.1) is 0 Å². The molecule has 0 spiro atoms. The molecule has 35 heavy (non-hydrogen) atoms. The Labute approximate surface area is 215 Å². The molecular formula is C25H32N4O4S2. The first-order chi connectivity index (χ1) is 16.8. The third kappa shape index (κ3) is 5.46. The van der Waals surface area contributed by atoms with E-state index in [0.29, 0.717) is 78.2 Å². The number of aromatic nitrogens is 1. The van der Waals surface area contributed by atoms with Crippen LogP contribution in [0.1, 0.15) is 63.1 Å². The van der Waals surface area contributed by atoms with Crippen molar-refractivity contribution in [2.45, 2.75) is 59.9 Å². The minimum absolute atomic E-state index is 0.0823. The van der Waals surface area contributed by atoms with Crippen molar-refractivity contribution < 1.29 is 14.3 Å². The molecule has 2 aliphatic heterocycles. The lowest BCUT2D eigenvalue weighted by Crippen LogP contribution is -2.41. The number of thiocarbonyl (C=S) groups is 1. The fourth-order valence-electron chi connectivity index (χ4n) is 4.55. The first-order valence-corrected chi connectivity index (χ1v) is 13.4. The van der Waals surface area contributed by atoms with Crippen LogP contribution >= 0.6 is 24.0 Å². The molecule has 3 heterocycles. The number of anilines is 1. The number of nitrogens with zero attached hydrogens (tertiary/aromatic N) is 4. The molecule has 1 aromatic rings. The third-order valence-corrected chi connectivity index (χ3v) is 7.68. The maximum atomic E-state index is 13.3. The summed E-state index contributed by atoms with van der Waals surface area (Å²) in [7, 11) is 0. The van der Waals surface area contributed by atoms with Gasteiger partial charge in [-0.2, -0.15) is 5.26 Å². The first-order valence-electron chi connectivity index (χ1n) is 12.1. The summed E-state index contributed by atoms with van der Waals surface area (Å²) in [5, 5.41) is 9.78. The third-order valence-electron chi connectivity index (χ3n) is 6.30. The second-order valence-electron chi connectivity index (χ2n) is 8.65. The van der Waals surface area contributed by atoms with E-state index in [-0.39, 0.29) is 28.9 Å². The number of hydrogen-bond acceptors (Lipinski definition) is 8. The number of hydrogen-bond donors (Lipinski definition) is 0. The van der Waals surface area contributed by atoms with Crippen molar-refractivity contribution in [1.82, 2.24) is 9.47 Å². The average Bonchev–Trinajstić information content (AvgIpc) is 3.10. The average molecular weight is 517 g/mol. The van der Waals surface area contributed by atoms with Gasteiger partial charge < -0.3 is 9.64 Å². The molecule has 0 saturated carbocycles. The Morgan fingerprint density at radius 2 is 1.86 bits per heavy atom. The van der Waals surface area contributed by atoms with Crippen LogP contribution in [0.5, 0.6) is 0 Å². The van der Waals surface area contributed by atoms with Gasteiger partial charge in [-0.25, -0.2) is 0 Å². The van der Waals surface area contributed by atoms with Crippen LogP contribution in [-0.4, -0.2) is 51.9 Å². The van der Waals surface area contributed by atoms with Gasteiger partial charge in [0.15, 0.2) is 0 Å². The SMILES string of the molecule is CCCN1C(=O)/C(=C/c2c(C)c(C#N)c(=O)n(CCC)c2N2CCC(C(=O)OCC)CC2)SC1=S. The number of nitriles is 1. The lowest BCUT2D eigenvalue weighted by atomic mass is 9.95. The van der Waals surface area contributed by atoms with Crippen molar-refractivity contribution >= 4 is 52.1 Å². The Morgan fingerprint density at radius 3 is 2.43 bits per heavy atom. The van der Waals surface area contributed by atoms with Crippen LogP contribution in [0.2, 0.25) is 0 Å². The summed E-state index contributed by atoms with van der Waals surface area (Å²) in [6.45, 7) is 9.99. The smallest absolute Gasteiger partial charge is 0.309 e. The van der Waals surface area contributed by atoms with E-state index in [0.717, 1.165) is 6.42 Å². The van der Waals surface area contributed by atoms with Gasteiger partial charge in [0.25, 0.3) is 11.5 Å². The normalized spacial score (nSPS) is 17.9. The van der Waals surface area contributed by atoms with Gasteiger partial charge in [-0.3, -0.25) is 23.9 Å². The van der Waals surface area contributed by atoms with E-state index in [1.54, 1.807) is 29.4 Å². The Hall–Kier alpha value is -2.64. The van der Waals surface area contributed by atoms with Crippen LogP contribution < -0.4 is 10.5 Å². The summed E-state index contributed by atoms with van der Waals surface area (Å²) in [6, 6.07) is 2.07. The van der Waals surface area contributed by atoms with E-state index in [4.69, 9.17) is 17.0 Å². The summed E-state index contributed by atoms with van der Waals surface area (Å²) in [6.07, 6.45) is 4.49. The maximum absolute atomic E-state index is 13.3. The zero-order valence-corrected chi connectivity index (χ0v) is 22.4. The van der Waals surface area contributed by atoms with Crippen molar-refractivity contribution in [1.29, 1.82) is 5.26 Å². The van der Waals surface area contributed by atoms with Gasteiger partial charge >= 0.3 is 5.97 Å². The molecule has 0 aromatic carbocycles. The van der Waals surface area contributed by atoms with Gasteiger partial charge in [-0.05, 0) is 51.2 Å². The number of amides is 1. The fourth-order valence-corrected chi connectivity index (χ4v) is 5.84. The number of pyridine rings is 1. The van der Waals surface area contributed by atoms with Crippen LogP contribution in [0.3, 0.4) is 0 Å². The highest BCUT2D eigenvalue weighted by molar-refractivity contribution is 8.26. The zero-order valence-electron chi connectivity index (χ0n) is 20.8. The van der Waals surface area contributed by atoms with Crippen LogP contribution in [0.25, 0.3) is 6.08 Å². The highest BCUT2D eigenvalue weighted by Crippen LogP contribution is 2.37. The monoisotopic (exact) mass is 516 g/mol. The second-order valence-corrected chi connectivity index (χ2v) is 10.3. The molecule has 0 bridgehead atoms. The molecule has 1 aromatic heterocycles. The number of esters is 1. The summed E-state index contributed by atoms with van der Waals surface area (Å²) >= 11 is 6.67. The summed E-state index contributed by atoms with van der Waals surface area (Å²) in [5.41, 5.74) is 0.984. The van der Waals surface area contributed by atoms with Crippen LogP contribution in [0.15, 0.2) is 9.70 Å². The fraction of sp³-hybridized carbons (Fsp3) is 0.560. The number of carbonyl (C=O) groups is 2. The lowest BCUT2D eigenvalue weighted by Gasteiger charge is -2.35. The number of carbonyl (C=O) groups excluding carboxylic acids is 2. The zero-order chi connectivity index (χ0) is 25.7. The van der Waals surface area contributed by atoms with Crippen LogP contribution in [-0.2, 0) is 20.9 Å². The largest absolute Gasteiger partial charge is 0.466 e. The van der Waals surface area contributed by atoms with Gasteiger partial charge in [0.05, 0.1) is 17.4 Å². The van der Waals surface area contributed by atoms with Gasteiger partial charge in [0.2, 0.25) is 0 Å². The molecule has 2 fully saturated rings. The van der Waals surface area contributed by atoms with Gasteiger partial charge in [0.1, 0.15) is 21.8 Å². The predicted octanol–water partition coefficient (Wildman–Crippen LogP) is 3.83. The topological polar surface area (TPSA) is 95.6 Å². The van der Waals surface area contributed by atoms with Crippen LogP contribution in [0.4, 0.5) is 5.82 Å². The Balaban J connectivity index is 2.12. The minimum atomic E-state index is -0.329. The van der Waals surface area contributed by atoms with E-state index in [1.165, 1.54) is 11.8 Å². The molecule has 2 saturated heterocycles. The lowest BCUT2D eigenvalue weighted by molar-refractivity contribution is -0.148. The maximum Gasteiger partial charge on any atom is 0.309 e. The quantitative estimate of drug-likeness (QED) is 0.292. The number of piperidine rings is 1. The van der Waals surface area contributed by atoms with Crippen molar-refractivity contribution in [3.63, 3.8) is 0 Å². The standard InChI is InChI=1S/C25H32N4O4S2/c1-5-10-28-21(27-12-8-17(9-13-27)24(32)33-7-3)18(16(4)19(15-26)22(28)30)14-20-23(31)29(11-6-2)25(34)35-20/h14,17H,5-13H2,1-4H3/b20-14-.